The Morgan fingerprint density at radius 3 is 1.68 bits per heavy atom. The van der Waals surface area contributed by atoms with Crippen LogP contribution in [0.25, 0.3) is 10.8 Å². The molecule has 0 N–H and O–H groups in total. The molecule has 0 atom stereocenters. The highest BCUT2D eigenvalue weighted by molar-refractivity contribution is 6.34. The molecule has 0 radical (unpaired) electrons. The Hall–Kier alpha value is -5.36. The van der Waals surface area contributed by atoms with Gasteiger partial charge in [0.25, 0.3) is 5.91 Å². The van der Waals surface area contributed by atoms with Crippen molar-refractivity contribution in [2.24, 2.45) is 5.92 Å². The Bertz CT molecular complexity index is 1610. The van der Waals surface area contributed by atoms with Crippen LogP contribution in [-0.4, -0.2) is 23.6 Å². The molecule has 2 amide bonds. The number of ether oxygens (including phenoxy) is 1. The lowest BCUT2D eigenvalue weighted by atomic mass is 9.88. The maximum absolute atomic E-state index is 14.4. The second kappa shape index (κ2) is 12.0. The summed E-state index contributed by atoms with van der Waals surface area (Å²) in [5.41, 5.74) is 1.30. The van der Waals surface area contributed by atoms with Crippen LogP contribution in [0.5, 0.6) is 0 Å². The first kappa shape index (κ1) is 26.3. The quantitative estimate of drug-likeness (QED) is 0.162. The van der Waals surface area contributed by atoms with E-state index in [2.05, 4.69) is 0 Å². The van der Waals surface area contributed by atoms with Gasteiger partial charge in [-0.15, -0.1) is 0 Å². The van der Waals surface area contributed by atoms with Crippen LogP contribution in [0.3, 0.4) is 0 Å². The molecule has 0 unspecified atom stereocenters. The molecule has 0 bridgehead atoms. The van der Waals surface area contributed by atoms with Crippen LogP contribution in [0.4, 0.5) is 10.5 Å². The van der Waals surface area contributed by atoms with Crippen molar-refractivity contribution in [1.29, 1.82) is 0 Å². The fourth-order valence-corrected chi connectivity index (χ4v) is 4.50. The maximum atomic E-state index is 14.4. The van der Waals surface area contributed by atoms with E-state index in [1.165, 1.54) is 24.3 Å². The van der Waals surface area contributed by atoms with E-state index >= 15 is 0 Å². The van der Waals surface area contributed by atoms with Crippen molar-refractivity contribution in [2.75, 3.05) is 4.90 Å². The molecule has 6 heteroatoms. The van der Waals surface area contributed by atoms with E-state index in [1.807, 2.05) is 36.4 Å². The van der Waals surface area contributed by atoms with Crippen molar-refractivity contribution in [3.63, 3.8) is 0 Å². The molecular weight excluding hydrogens is 502 g/mol. The summed E-state index contributed by atoms with van der Waals surface area (Å²) in [6, 6.07) is 37.6. The third kappa shape index (κ3) is 5.56. The minimum Gasteiger partial charge on any atom is -0.444 e. The number of fused-ring (bicyclic) bond motifs is 1. The first-order valence-corrected chi connectivity index (χ1v) is 12.8. The zero-order chi connectivity index (χ0) is 27.9. The molecule has 0 aliphatic rings. The number of carbonyl (C=O) groups excluding carboxylic acids is 4. The summed E-state index contributed by atoms with van der Waals surface area (Å²) >= 11 is 0. The minimum absolute atomic E-state index is 0.0991. The zero-order valence-corrected chi connectivity index (χ0v) is 21.5. The summed E-state index contributed by atoms with van der Waals surface area (Å²) in [4.78, 5) is 56.4. The monoisotopic (exact) mass is 527 g/mol. The van der Waals surface area contributed by atoms with Crippen LogP contribution in [0.1, 0.15) is 26.3 Å². The number of ketones is 2. The van der Waals surface area contributed by atoms with Crippen LogP contribution in [0.2, 0.25) is 0 Å². The molecule has 0 aromatic heterocycles. The maximum Gasteiger partial charge on any atom is 0.421 e. The Morgan fingerprint density at radius 1 is 0.575 bits per heavy atom. The third-order valence-corrected chi connectivity index (χ3v) is 6.50. The lowest BCUT2D eigenvalue weighted by molar-refractivity contribution is -0.119. The van der Waals surface area contributed by atoms with Gasteiger partial charge in [-0.3, -0.25) is 14.4 Å². The van der Waals surface area contributed by atoms with Crippen LogP contribution in [-0.2, 0) is 16.1 Å². The summed E-state index contributed by atoms with van der Waals surface area (Å²) < 4.78 is 5.58. The van der Waals surface area contributed by atoms with Gasteiger partial charge in [0.05, 0.1) is 5.69 Å². The average Bonchev–Trinajstić information content (AvgIpc) is 3.01. The van der Waals surface area contributed by atoms with Crippen LogP contribution < -0.4 is 4.90 Å². The number of Topliss-reactive ketones (excluding diaryl/α,β-unsaturated/α-hetero) is 2. The largest absolute Gasteiger partial charge is 0.444 e. The van der Waals surface area contributed by atoms with Crippen molar-refractivity contribution in [2.45, 2.75) is 6.61 Å². The highest BCUT2D eigenvalue weighted by Gasteiger charge is 2.41. The SMILES string of the molecule is O=C(c1ccccc1)C(C(=O)c1ccccc1)C(=O)N(C(=O)OCc1ccccc1)c1cccc2ccccc12. The standard InChI is InChI=1S/C34H25NO5/c36-31(26-16-6-2-7-17-26)30(32(37)27-18-8-3-9-19-27)33(38)35(34(39)40-23-24-13-4-1-5-14-24)29-22-12-20-25-15-10-11-21-28(25)29/h1-22,30H,23H2. The summed E-state index contributed by atoms with van der Waals surface area (Å²) in [6.07, 6.45) is -0.989. The summed E-state index contributed by atoms with van der Waals surface area (Å²) in [5, 5.41) is 1.36. The molecule has 6 nitrogen and oxygen atoms in total. The summed E-state index contributed by atoms with van der Waals surface area (Å²) in [5.74, 6) is -4.22. The number of nitrogens with zero attached hydrogens (tertiary/aromatic N) is 1. The summed E-state index contributed by atoms with van der Waals surface area (Å²) in [6.45, 7) is -0.0991. The topological polar surface area (TPSA) is 80.8 Å². The van der Waals surface area contributed by atoms with Gasteiger partial charge in [-0.2, -0.15) is 0 Å². The van der Waals surface area contributed by atoms with Crippen molar-refractivity contribution >= 4 is 40.0 Å². The number of imide groups is 1. The number of hydrogen-bond acceptors (Lipinski definition) is 5. The molecule has 5 aromatic rings. The molecule has 0 saturated carbocycles. The van der Waals surface area contributed by atoms with Crippen molar-refractivity contribution in [3.05, 3.63) is 150 Å². The molecule has 40 heavy (non-hydrogen) atoms. The minimum atomic E-state index is -1.81. The Morgan fingerprint density at radius 2 is 1.07 bits per heavy atom. The van der Waals surface area contributed by atoms with Gasteiger partial charge in [0.15, 0.2) is 17.5 Å². The van der Waals surface area contributed by atoms with E-state index < -0.39 is 29.5 Å². The molecule has 0 fully saturated rings. The Labute approximate surface area is 231 Å². The van der Waals surface area contributed by atoms with Crippen LogP contribution >= 0.6 is 0 Å². The Kier molecular flexibility index (Phi) is 7.88. The second-order valence-corrected chi connectivity index (χ2v) is 9.11. The van der Waals surface area contributed by atoms with Gasteiger partial charge in [-0.05, 0) is 17.0 Å². The lowest BCUT2D eigenvalue weighted by Crippen LogP contribution is -2.46. The highest BCUT2D eigenvalue weighted by atomic mass is 16.6. The predicted molar refractivity (Wildman–Crippen MR) is 153 cm³/mol. The molecule has 196 valence electrons. The van der Waals surface area contributed by atoms with E-state index in [1.54, 1.807) is 72.8 Å². The van der Waals surface area contributed by atoms with E-state index in [9.17, 15) is 19.2 Å². The molecule has 0 aliphatic carbocycles. The smallest absolute Gasteiger partial charge is 0.421 e. The fraction of sp³-hybridized carbons (Fsp3) is 0.0588. The number of anilines is 1. The fourth-order valence-electron chi connectivity index (χ4n) is 4.50. The molecular formula is C34H25NO5. The molecule has 0 heterocycles. The van der Waals surface area contributed by atoms with E-state index in [4.69, 9.17) is 4.74 Å². The number of amides is 2. The van der Waals surface area contributed by atoms with E-state index in [0.717, 1.165) is 15.8 Å². The van der Waals surface area contributed by atoms with Gasteiger partial charge in [-0.1, -0.05) is 127 Å². The number of hydrogen-bond donors (Lipinski definition) is 0. The van der Waals surface area contributed by atoms with Crippen molar-refractivity contribution in [3.8, 4) is 0 Å². The van der Waals surface area contributed by atoms with Gasteiger partial charge in [-0.25, -0.2) is 9.69 Å². The third-order valence-electron chi connectivity index (χ3n) is 6.50. The number of rotatable bonds is 8. The van der Waals surface area contributed by atoms with Gasteiger partial charge in [0.1, 0.15) is 6.61 Å². The van der Waals surface area contributed by atoms with Gasteiger partial charge >= 0.3 is 6.09 Å². The van der Waals surface area contributed by atoms with E-state index in [-0.39, 0.29) is 23.4 Å². The van der Waals surface area contributed by atoms with Gasteiger partial charge in [0.2, 0.25) is 0 Å². The first-order chi connectivity index (χ1) is 19.5. The van der Waals surface area contributed by atoms with E-state index in [0.29, 0.717) is 5.39 Å². The predicted octanol–water partition coefficient (Wildman–Crippen LogP) is 6.89. The highest BCUT2D eigenvalue weighted by Crippen LogP contribution is 2.30. The van der Waals surface area contributed by atoms with Crippen molar-refractivity contribution in [1.82, 2.24) is 0 Å². The first-order valence-electron chi connectivity index (χ1n) is 12.8. The lowest BCUT2D eigenvalue weighted by Gasteiger charge is -2.25. The van der Waals surface area contributed by atoms with Gasteiger partial charge < -0.3 is 4.74 Å². The van der Waals surface area contributed by atoms with Crippen LogP contribution in [0, 0.1) is 5.92 Å². The Balaban J connectivity index is 1.61. The van der Waals surface area contributed by atoms with Crippen molar-refractivity contribution < 1.29 is 23.9 Å². The number of carbonyl (C=O) groups is 4. The molecule has 0 aliphatic heterocycles. The second-order valence-electron chi connectivity index (χ2n) is 9.11. The number of benzene rings is 5. The normalized spacial score (nSPS) is 10.7. The zero-order valence-electron chi connectivity index (χ0n) is 21.5. The molecule has 5 rings (SSSR count). The summed E-state index contributed by atoms with van der Waals surface area (Å²) in [7, 11) is 0. The molecule has 0 saturated heterocycles. The molecule has 0 spiro atoms. The average molecular weight is 528 g/mol. The molecule has 5 aromatic carbocycles. The van der Waals surface area contributed by atoms with Crippen LogP contribution in [0.15, 0.2) is 133 Å². The van der Waals surface area contributed by atoms with Gasteiger partial charge in [0, 0.05) is 16.5 Å².